The van der Waals surface area contributed by atoms with Crippen LogP contribution in [-0.2, 0) is 6.54 Å². The van der Waals surface area contributed by atoms with Gasteiger partial charge in [-0.1, -0.05) is 0 Å². The topological polar surface area (TPSA) is 51.2 Å². The lowest BCUT2D eigenvalue weighted by Crippen LogP contribution is -2.17. The molecule has 0 saturated heterocycles. The number of oxazole rings is 1. The van der Waals surface area contributed by atoms with Gasteiger partial charge >= 0.3 is 0 Å². The van der Waals surface area contributed by atoms with Crippen LogP contribution in [0.5, 0.6) is 0 Å². The minimum absolute atomic E-state index is 0.0801. The van der Waals surface area contributed by atoms with E-state index in [0.717, 1.165) is 15.3 Å². The van der Waals surface area contributed by atoms with Crippen LogP contribution < -0.4 is 5.32 Å². The Morgan fingerprint density at radius 2 is 2.25 bits per heavy atom. The predicted octanol–water partition coefficient (Wildman–Crippen LogP) is 3.03. The number of aromatic nitrogens is 1. The van der Waals surface area contributed by atoms with Crippen molar-refractivity contribution in [3.63, 3.8) is 0 Å². The molecule has 16 heavy (non-hydrogen) atoms. The van der Waals surface area contributed by atoms with Crippen molar-refractivity contribution >= 4 is 22.6 Å². The number of nitrogens with one attached hydrogen (secondary N) is 1. The van der Waals surface area contributed by atoms with E-state index in [-0.39, 0.29) is 6.04 Å². The standard InChI is InChI=1S/C11H13IN2O2/c1-7-5-14-11(15-7)8(2)13-6-9-3-4-10(12)16-9/h3-5,8,13H,6H2,1-2H3. The summed E-state index contributed by atoms with van der Waals surface area (Å²) in [6.45, 7) is 4.57. The number of nitrogens with zero attached hydrogens (tertiary/aromatic N) is 1. The van der Waals surface area contributed by atoms with Crippen LogP contribution in [0.1, 0.15) is 30.4 Å². The highest BCUT2D eigenvalue weighted by atomic mass is 127. The molecule has 2 rings (SSSR count). The predicted molar refractivity (Wildman–Crippen MR) is 67.9 cm³/mol. The summed E-state index contributed by atoms with van der Waals surface area (Å²) in [5.74, 6) is 2.45. The average Bonchev–Trinajstić information content (AvgIpc) is 2.84. The van der Waals surface area contributed by atoms with Crippen LogP contribution in [0, 0.1) is 10.7 Å². The van der Waals surface area contributed by atoms with Crippen LogP contribution in [0.3, 0.4) is 0 Å². The van der Waals surface area contributed by atoms with Gasteiger partial charge in [-0.25, -0.2) is 4.98 Å². The molecule has 0 aliphatic heterocycles. The quantitative estimate of drug-likeness (QED) is 0.875. The van der Waals surface area contributed by atoms with Crippen LogP contribution in [0.25, 0.3) is 0 Å². The van der Waals surface area contributed by atoms with Crippen molar-refractivity contribution in [3.05, 3.63) is 39.5 Å². The van der Waals surface area contributed by atoms with E-state index in [1.54, 1.807) is 6.20 Å². The molecule has 0 amide bonds. The Bertz CT molecular complexity index is 464. The van der Waals surface area contributed by atoms with Crippen LogP contribution in [0.4, 0.5) is 0 Å². The van der Waals surface area contributed by atoms with Crippen LogP contribution in [0.15, 0.2) is 27.2 Å². The first-order chi connectivity index (χ1) is 7.65. The van der Waals surface area contributed by atoms with E-state index in [1.165, 1.54) is 0 Å². The fourth-order valence-corrected chi connectivity index (χ4v) is 1.82. The van der Waals surface area contributed by atoms with E-state index in [4.69, 9.17) is 8.83 Å². The van der Waals surface area contributed by atoms with Crippen LogP contribution >= 0.6 is 22.6 Å². The molecule has 0 aromatic carbocycles. The SMILES string of the molecule is Cc1cnc(C(C)NCc2ccc(I)o2)o1. The molecule has 0 spiro atoms. The summed E-state index contributed by atoms with van der Waals surface area (Å²) in [7, 11) is 0. The fraction of sp³-hybridized carbons (Fsp3) is 0.364. The smallest absolute Gasteiger partial charge is 0.211 e. The number of hydrogen-bond acceptors (Lipinski definition) is 4. The molecule has 1 atom stereocenters. The van der Waals surface area contributed by atoms with E-state index < -0.39 is 0 Å². The monoisotopic (exact) mass is 332 g/mol. The molecule has 2 heterocycles. The Labute approximate surface area is 108 Å². The molecular weight excluding hydrogens is 319 g/mol. The highest BCUT2D eigenvalue weighted by Gasteiger charge is 2.11. The van der Waals surface area contributed by atoms with Gasteiger partial charge in [0.2, 0.25) is 5.89 Å². The van der Waals surface area contributed by atoms with Crippen molar-refractivity contribution in [2.75, 3.05) is 0 Å². The largest absolute Gasteiger partial charge is 0.454 e. The van der Waals surface area contributed by atoms with Gasteiger partial charge in [0.25, 0.3) is 0 Å². The maximum absolute atomic E-state index is 5.45. The maximum atomic E-state index is 5.45. The summed E-state index contributed by atoms with van der Waals surface area (Å²) >= 11 is 2.15. The molecule has 0 aliphatic rings. The second kappa shape index (κ2) is 5.01. The Balaban J connectivity index is 1.91. The second-order valence-corrected chi connectivity index (χ2v) is 4.68. The van der Waals surface area contributed by atoms with Crippen molar-refractivity contribution in [3.8, 4) is 0 Å². The van der Waals surface area contributed by atoms with Gasteiger partial charge in [0.1, 0.15) is 11.5 Å². The molecule has 2 aromatic rings. The Kier molecular flexibility index (Phi) is 3.65. The third-order valence-corrected chi connectivity index (χ3v) is 2.80. The zero-order valence-corrected chi connectivity index (χ0v) is 11.3. The third kappa shape index (κ3) is 2.85. The summed E-state index contributed by atoms with van der Waals surface area (Å²) in [6.07, 6.45) is 1.73. The van der Waals surface area contributed by atoms with Crippen molar-refractivity contribution in [2.24, 2.45) is 0 Å². The first-order valence-corrected chi connectivity index (χ1v) is 6.13. The van der Waals surface area contributed by atoms with Crippen molar-refractivity contribution in [1.82, 2.24) is 10.3 Å². The third-order valence-electron chi connectivity index (χ3n) is 2.22. The van der Waals surface area contributed by atoms with E-state index in [2.05, 4.69) is 32.9 Å². The van der Waals surface area contributed by atoms with Gasteiger partial charge in [0.15, 0.2) is 3.77 Å². The van der Waals surface area contributed by atoms with Crippen LogP contribution in [0.2, 0.25) is 0 Å². The summed E-state index contributed by atoms with van der Waals surface area (Å²) in [4.78, 5) is 4.17. The molecule has 86 valence electrons. The molecule has 5 heteroatoms. The fourth-order valence-electron chi connectivity index (χ4n) is 1.36. The van der Waals surface area contributed by atoms with Gasteiger partial charge in [-0.15, -0.1) is 0 Å². The molecule has 0 radical (unpaired) electrons. The van der Waals surface area contributed by atoms with E-state index in [1.807, 2.05) is 26.0 Å². The average molecular weight is 332 g/mol. The molecule has 2 aromatic heterocycles. The van der Waals surface area contributed by atoms with Crippen molar-refractivity contribution in [1.29, 1.82) is 0 Å². The van der Waals surface area contributed by atoms with E-state index in [0.29, 0.717) is 12.4 Å². The minimum atomic E-state index is 0.0801. The molecule has 1 N–H and O–H groups in total. The number of aryl methyl sites for hydroxylation is 1. The maximum Gasteiger partial charge on any atom is 0.211 e. The Morgan fingerprint density at radius 3 is 2.81 bits per heavy atom. The van der Waals surface area contributed by atoms with Gasteiger partial charge < -0.3 is 8.83 Å². The number of hydrogen-bond donors (Lipinski definition) is 1. The van der Waals surface area contributed by atoms with Crippen LogP contribution in [-0.4, -0.2) is 4.98 Å². The van der Waals surface area contributed by atoms with Gasteiger partial charge in [0, 0.05) is 0 Å². The Hall–Kier alpha value is -0.820. The highest BCUT2D eigenvalue weighted by molar-refractivity contribution is 14.1. The first-order valence-electron chi connectivity index (χ1n) is 5.05. The molecule has 0 fully saturated rings. The van der Waals surface area contributed by atoms with Crippen molar-refractivity contribution < 1.29 is 8.83 Å². The van der Waals surface area contributed by atoms with Gasteiger partial charge in [-0.3, -0.25) is 5.32 Å². The lowest BCUT2D eigenvalue weighted by molar-refractivity contribution is 0.383. The minimum Gasteiger partial charge on any atom is -0.454 e. The lowest BCUT2D eigenvalue weighted by atomic mass is 10.3. The lowest BCUT2D eigenvalue weighted by Gasteiger charge is -2.08. The van der Waals surface area contributed by atoms with Crippen molar-refractivity contribution in [2.45, 2.75) is 26.4 Å². The highest BCUT2D eigenvalue weighted by Crippen LogP contribution is 2.14. The molecular formula is C11H13IN2O2. The summed E-state index contributed by atoms with van der Waals surface area (Å²) in [6, 6.07) is 3.98. The molecule has 0 saturated carbocycles. The summed E-state index contributed by atoms with van der Waals surface area (Å²) in [5.41, 5.74) is 0. The van der Waals surface area contributed by atoms with Gasteiger partial charge in [-0.2, -0.15) is 0 Å². The molecule has 1 unspecified atom stereocenters. The van der Waals surface area contributed by atoms with E-state index >= 15 is 0 Å². The Morgan fingerprint density at radius 1 is 1.44 bits per heavy atom. The number of rotatable bonds is 4. The van der Waals surface area contributed by atoms with E-state index in [9.17, 15) is 0 Å². The molecule has 4 nitrogen and oxygen atoms in total. The first kappa shape index (κ1) is 11.7. The zero-order valence-electron chi connectivity index (χ0n) is 9.16. The molecule has 0 bridgehead atoms. The normalized spacial score (nSPS) is 12.9. The van der Waals surface area contributed by atoms with Gasteiger partial charge in [-0.05, 0) is 48.6 Å². The van der Waals surface area contributed by atoms with Gasteiger partial charge in [0.05, 0.1) is 18.8 Å². The summed E-state index contributed by atoms with van der Waals surface area (Å²) < 4.78 is 11.8. The zero-order chi connectivity index (χ0) is 11.5. The number of halogens is 1. The summed E-state index contributed by atoms with van der Waals surface area (Å²) in [5, 5.41) is 3.29. The molecule has 0 aliphatic carbocycles. The number of furan rings is 1. The second-order valence-electron chi connectivity index (χ2n) is 3.62.